The molecule has 1 saturated heterocycles. The van der Waals surface area contributed by atoms with Crippen molar-refractivity contribution < 1.29 is 9.53 Å². The van der Waals surface area contributed by atoms with Crippen molar-refractivity contribution in [3.63, 3.8) is 0 Å². The Balaban J connectivity index is 1.46. The minimum atomic E-state index is -0.211. The lowest BCUT2D eigenvalue weighted by Crippen LogP contribution is -2.39. The lowest BCUT2D eigenvalue weighted by Gasteiger charge is -2.27. The van der Waals surface area contributed by atoms with Crippen LogP contribution in [0, 0.1) is 5.92 Å². The fraction of sp³-hybridized carbons (Fsp3) is 0.519. The number of nitrogens with zero attached hydrogens (tertiary/aromatic N) is 3. The number of nitrogens with one attached hydrogen (secondary N) is 1. The number of carbonyl (C=O) groups is 1. The van der Waals surface area contributed by atoms with Crippen LogP contribution in [0.15, 0.2) is 29.1 Å². The van der Waals surface area contributed by atoms with Crippen molar-refractivity contribution in [2.45, 2.75) is 59.0 Å². The average molecular weight is 495 g/mol. The number of anilines is 1. The van der Waals surface area contributed by atoms with Crippen molar-refractivity contribution in [1.29, 1.82) is 0 Å². The molecule has 5 rings (SSSR count). The van der Waals surface area contributed by atoms with E-state index < -0.39 is 0 Å². The molecule has 2 aliphatic rings. The highest BCUT2D eigenvalue weighted by Gasteiger charge is 2.26. The molecule has 0 spiro atoms. The molecule has 35 heavy (non-hydrogen) atoms. The van der Waals surface area contributed by atoms with Gasteiger partial charge in [0.15, 0.2) is 0 Å². The van der Waals surface area contributed by atoms with Crippen LogP contribution < -0.4 is 10.9 Å². The molecule has 3 heterocycles. The second kappa shape index (κ2) is 10.6. The predicted octanol–water partition coefficient (Wildman–Crippen LogP) is 4.01. The molecule has 3 aromatic rings. The number of morpholine rings is 1. The van der Waals surface area contributed by atoms with Crippen LogP contribution in [0.4, 0.5) is 5.69 Å². The minimum absolute atomic E-state index is 0.0425. The van der Waals surface area contributed by atoms with E-state index in [1.807, 2.05) is 24.3 Å². The zero-order valence-corrected chi connectivity index (χ0v) is 21.5. The van der Waals surface area contributed by atoms with E-state index in [4.69, 9.17) is 9.72 Å². The van der Waals surface area contributed by atoms with Crippen LogP contribution in [0.2, 0.25) is 0 Å². The summed E-state index contributed by atoms with van der Waals surface area (Å²) < 4.78 is 7.09. The van der Waals surface area contributed by atoms with Crippen molar-refractivity contribution in [1.82, 2.24) is 14.5 Å². The molecule has 1 aromatic carbocycles. The van der Waals surface area contributed by atoms with E-state index in [1.165, 1.54) is 10.4 Å². The van der Waals surface area contributed by atoms with Crippen LogP contribution in [-0.4, -0.2) is 46.7 Å². The van der Waals surface area contributed by atoms with E-state index >= 15 is 0 Å². The van der Waals surface area contributed by atoms with Gasteiger partial charge in [0.1, 0.15) is 17.2 Å². The first-order valence-corrected chi connectivity index (χ1v) is 13.6. The third-order valence-electron chi connectivity index (χ3n) is 7.04. The van der Waals surface area contributed by atoms with Crippen molar-refractivity contribution in [2.75, 3.05) is 31.6 Å². The molecule has 1 fully saturated rings. The minimum Gasteiger partial charge on any atom is -0.379 e. The number of carbonyl (C=O) groups excluding carboxylic acids is 1. The molecule has 2 aromatic heterocycles. The number of ether oxygens (including phenoxy) is 1. The van der Waals surface area contributed by atoms with E-state index in [0.29, 0.717) is 31.5 Å². The molecule has 186 valence electrons. The molecular formula is C27H34N4O3S. The van der Waals surface area contributed by atoms with Gasteiger partial charge in [0.2, 0.25) is 5.91 Å². The Morgan fingerprint density at radius 3 is 2.74 bits per heavy atom. The zero-order valence-electron chi connectivity index (χ0n) is 20.6. The number of thiophene rings is 1. The molecule has 1 N–H and O–H groups in total. The Bertz CT molecular complexity index is 1260. The number of benzene rings is 1. The summed E-state index contributed by atoms with van der Waals surface area (Å²) in [5.41, 5.74) is 3.06. The first-order valence-electron chi connectivity index (χ1n) is 12.7. The third-order valence-corrected chi connectivity index (χ3v) is 8.19. The Kier molecular flexibility index (Phi) is 7.32. The van der Waals surface area contributed by atoms with Gasteiger partial charge in [0, 0.05) is 23.7 Å². The van der Waals surface area contributed by atoms with Crippen molar-refractivity contribution >= 4 is 33.1 Å². The van der Waals surface area contributed by atoms with Gasteiger partial charge in [-0.05, 0) is 54.9 Å². The number of amides is 1. The van der Waals surface area contributed by atoms with E-state index in [9.17, 15) is 9.59 Å². The molecule has 8 heteroatoms. The summed E-state index contributed by atoms with van der Waals surface area (Å²) in [5, 5.41) is 3.69. The molecule has 0 unspecified atom stereocenters. The van der Waals surface area contributed by atoms with Gasteiger partial charge in [0.25, 0.3) is 5.56 Å². The zero-order chi connectivity index (χ0) is 24.4. The quantitative estimate of drug-likeness (QED) is 0.537. The summed E-state index contributed by atoms with van der Waals surface area (Å²) >= 11 is 1.66. The molecule has 0 radical (unpaired) electrons. The molecule has 0 saturated carbocycles. The maximum atomic E-state index is 13.8. The normalized spacial score (nSPS) is 18.5. The van der Waals surface area contributed by atoms with E-state index in [1.54, 1.807) is 15.9 Å². The maximum absolute atomic E-state index is 13.8. The molecule has 1 aliphatic heterocycles. The summed E-state index contributed by atoms with van der Waals surface area (Å²) in [5.74, 6) is 1.07. The lowest BCUT2D eigenvalue weighted by atomic mass is 9.89. The first-order chi connectivity index (χ1) is 17.0. The SMILES string of the molecule is CCCc1ccc(NC(=O)Cn2c(CN3CCOCC3)nc3sc4c(c3c2=O)CC[C@H](C)C4)cc1. The van der Waals surface area contributed by atoms with Crippen molar-refractivity contribution in [3.8, 4) is 0 Å². The highest BCUT2D eigenvalue weighted by Crippen LogP contribution is 2.36. The van der Waals surface area contributed by atoms with Gasteiger partial charge in [-0.2, -0.15) is 0 Å². The number of hydrogen-bond acceptors (Lipinski definition) is 6. The highest BCUT2D eigenvalue weighted by atomic mass is 32.1. The van der Waals surface area contributed by atoms with Gasteiger partial charge in [-0.1, -0.05) is 32.4 Å². The predicted molar refractivity (Wildman–Crippen MR) is 140 cm³/mol. The summed E-state index contributed by atoms with van der Waals surface area (Å²) in [4.78, 5) is 36.2. The summed E-state index contributed by atoms with van der Waals surface area (Å²) in [7, 11) is 0. The number of hydrogen-bond donors (Lipinski definition) is 1. The Labute approximate surface area is 210 Å². The summed E-state index contributed by atoms with van der Waals surface area (Å²) in [6.07, 6.45) is 5.10. The molecule has 1 atom stereocenters. The second-order valence-electron chi connectivity index (χ2n) is 9.83. The molecule has 7 nitrogen and oxygen atoms in total. The Morgan fingerprint density at radius 1 is 1.23 bits per heavy atom. The first kappa shape index (κ1) is 24.2. The van der Waals surface area contributed by atoms with E-state index in [0.717, 1.165) is 66.7 Å². The van der Waals surface area contributed by atoms with Crippen LogP contribution in [0.1, 0.15) is 48.5 Å². The molecule has 1 aliphatic carbocycles. The van der Waals surface area contributed by atoms with Crippen LogP contribution in [0.25, 0.3) is 10.2 Å². The monoisotopic (exact) mass is 494 g/mol. The Hall–Kier alpha value is -2.55. The van der Waals surface area contributed by atoms with Gasteiger partial charge in [-0.15, -0.1) is 11.3 Å². The van der Waals surface area contributed by atoms with E-state index in [2.05, 4.69) is 24.1 Å². The number of aromatic nitrogens is 2. The topological polar surface area (TPSA) is 76.5 Å². The smallest absolute Gasteiger partial charge is 0.263 e. The van der Waals surface area contributed by atoms with Crippen molar-refractivity contribution in [3.05, 3.63) is 56.4 Å². The van der Waals surface area contributed by atoms with Gasteiger partial charge < -0.3 is 10.1 Å². The van der Waals surface area contributed by atoms with Gasteiger partial charge in [-0.25, -0.2) is 4.98 Å². The molecular weight excluding hydrogens is 460 g/mol. The second-order valence-corrected chi connectivity index (χ2v) is 10.9. The van der Waals surface area contributed by atoms with Gasteiger partial charge in [-0.3, -0.25) is 19.1 Å². The highest BCUT2D eigenvalue weighted by molar-refractivity contribution is 7.18. The largest absolute Gasteiger partial charge is 0.379 e. The lowest BCUT2D eigenvalue weighted by molar-refractivity contribution is -0.116. The fourth-order valence-electron chi connectivity index (χ4n) is 5.10. The summed E-state index contributed by atoms with van der Waals surface area (Å²) in [6.45, 7) is 7.84. The van der Waals surface area contributed by atoms with Gasteiger partial charge in [0.05, 0.1) is 25.1 Å². The van der Waals surface area contributed by atoms with Crippen LogP contribution in [0.3, 0.4) is 0 Å². The van der Waals surface area contributed by atoms with Crippen LogP contribution in [0.5, 0.6) is 0 Å². The number of rotatable bonds is 7. The number of aryl methyl sites for hydroxylation is 2. The van der Waals surface area contributed by atoms with E-state index in [-0.39, 0.29) is 18.0 Å². The number of fused-ring (bicyclic) bond motifs is 3. The maximum Gasteiger partial charge on any atom is 0.263 e. The van der Waals surface area contributed by atoms with Crippen LogP contribution >= 0.6 is 11.3 Å². The van der Waals surface area contributed by atoms with Gasteiger partial charge >= 0.3 is 0 Å². The third kappa shape index (κ3) is 5.34. The van der Waals surface area contributed by atoms with Crippen molar-refractivity contribution in [2.24, 2.45) is 5.92 Å². The average Bonchev–Trinajstić information content (AvgIpc) is 3.21. The standard InChI is InChI=1S/C27H34N4O3S/c1-3-4-19-6-8-20(9-7-19)28-24(32)17-31-23(16-30-11-13-34-14-12-30)29-26-25(27(31)33)21-10-5-18(2)15-22(21)35-26/h6-9,18H,3-5,10-17H2,1-2H3,(H,28,32)/t18-/m0/s1. The molecule has 0 bridgehead atoms. The Morgan fingerprint density at radius 2 is 2.00 bits per heavy atom. The molecule has 1 amide bonds. The fourth-order valence-corrected chi connectivity index (χ4v) is 6.49. The van der Waals surface area contributed by atoms with Crippen LogP contribution in [-0.2, 0) is 41.9 Å². The summed E-state index contributed by atoms with van der Waals surface area (Å²) in [6, 6.07) is 7.94.